The lowest BCUT2D eigenvalue weighted by Gasteiger charge is -2.14. The molecule has 0 aliphatic heterocycles. The van der Waals surface area contributed by atoms with Gasteiger partial charge in [0.05, 0.1) is 11.0 Å². The molecule has 0 N–H and O–H groups in total. The molecule has 2 rings (SSSR count). The Kier molecular flexibility index (Phi) is 5.04. The van der Waals surface area contributed by atoms with E-state index in [0.29, 0.717) is 11.0 Å². The Morgan fingerprint density at radius 1 is 1.32 bits per heavy atom. The maximum absolute atomic E-state index is 13.3. The first-order valence-corrected chi connectivity index (χ1v) is 6.79. The number of ether oxygens (including phenoxy) is 1. The smallest absolute Gasteiger partial charge is 0.331 e. The molecule has 0 saturated heterocycles. The minimum atomic E-state index is -2.76. The van der Waals surface area contributed by atoms with E-state index in [1.807, 2.05) is 6.92 Å². The van der Waals surface area contributed by atoms with Gasteiger partial charge in [-0.15, -0.1) is 0 Å². The molecular formula is C16H16F2N2O2. The second kappa shape index (κ2) is 6.98. The van der Waals surface area contributed by atoms with Crippen LogP contribution in [0, 0.1) is 0 Å². The lowest BCUT2D eigenvalue weighted by Crippen LogP contribution is -2.13. The first kappa shape index (κ1) is 15.9. The number of benzene rings is 1. The predicted molar refractivity (Wildman–Crippen MR) is 79.4 cm³/mol. The predicted octanol–water partition coefficient (Wildman–Crippen LogP) is 4.17. The highest BCUT2D eigenvalue weighted by molar-refractivity contribution is 5.82. The van der Waals surface area contributed by atoms with Gasteiger partial charge >= 0.3 is 12.5 Å². The molecule has 0 spiro atoms. The van der Waals surface area contributed by atoms with Crippen molar-refractivity contribution in [3.8, 4) is 0 Å². The Labute approximate surface area is 126 Å². The monoisotopic (exact) mass is 306 g/mol. The zero-order valence-corrected chi connectivity index (χ0v) is 12.2. The molecule has 1 unspecified atom stereocenters. The van der Waals surface area contributed by atoms with Crippen molar-refractivity contribution in [3.05, 3.63) is 54.4 Å². The van der Waals surface area contributed by atoms with E-state index in [1.165, 1.54) is 19.1 Å². The van der Waals surface area contributed by atoms with Crippen molar-refractivity contribution in [1.29, 1.82) is 0 Å². The first-order chi connectivity index (χ1) is 10.5. The zero-order valence-electron chi connectivity index (χ0n) is 12.2. The minimum absolute atomic E-state index is 0.0176. The molecule has 22 heavy (non-hydrogen) atoms. The van der Waals surface area contributed by atoms with Gasteiger partial charge in [0.1, 0.15) is 0 Å². The van der Waals surface area contributed by atoms with Crippen LogP contribution in [0.25, 0.3) is 11.0 Å². The van der Waals surface area contributed by atoms with Crippen molar-refractivity contribution in [2.45, 2.75) is 26.5 Å². The summed E-state index contributed by atoms with van der Waals surface area (Å²) < 4.78 is 32.5. The maximum atomic E-state index is 13.3. The molecule has 0 aliphatic rings. The Morgan fingerprint density at radius 3 is 2.73 bits per heavy atom. The molecule has 1 aromatic carbocycles. The first-order valence-electron chi connectivity index (χ1n) is 6.79. The van der Waals surface area contributed by atoms with E-state index in [-0.39, 0.29) is 5.82 Å². The molecular weight excluding hydrogens is 290 g/mol. The van der Waals surface area contributed by atoms with Gasteiger partial charge in [0.15, 0.2) is 11.9 Å². The largest absolute Gasteiger partial charge is 0.451 e. The lowest BCUT2D eigenvalue weighted by molar-refractivity contribution is -0.143. The third kappa shape index (κ3) is 3.39. The summed E-state index contributed by atoms with van der Waals surface area (Å²) in [7, 11) is 0. The van der Waals surface area contributed by atoms with E-state index >= 15 is 0 Å². The van der Waals surface area contributed by atoms with Crippen LogP contribution >= 0.6 is 0 Å². The number of aromatic nitrogens is 2. The van der Waals surface area contributed by atoms with Crippen LogP contribution in [-0.2, 0) is 9.53 Å². The molecule has 1 atom stereocenters. The van der Waals surface area contributed by atoms with Crippen LogP contribution in [0.1, 0.15) is 32.3 Å². The summed E-state index contributed by atoms with van der Waals surface area (Å²) in [6, 6.07) is 6.56. The lowest BCUT2D eigenvalue weighted by atomic mass is 10.3. The van der Waals surface area contributed by atoms with Gasteiger partial charge in [-0.2, -0.15) is 8.78 Å². The van der Waals surface area contributed by atoms with E-state index < -0.39 is 18.6 Å². The summed E-state index contributed by atoms with van der Waals surface area (Å²) in [5.74, 6) is -0.595. The third-order valence-electron chi connectivity index (χ3n) is 3.01. The maximum Gasteiger partial charge on any atom is 0.331 e. The minimum Gasteiger partial charge on any atom is -0.451 e. The van der Waals surface area contributed by atoms with Gasteiger partial charge in [0.2, 0.25) is 0 Å². The molecule has 1 heterocycles. The van der Waals surface area contributed by atoms with Gasteiger partial charge in [-0.3, -0.25) is 4.57 Å². The summed E-state index contributed by atoms with van der Waals surface area (Å²) in [4.78, 5) is 15.8. The number of halogens is 2. The Balaban J connectivity index is 2.29. The van der Waals surface area contributed by atoms with Crippen LogP contribution in [0.5, 0.6) is 0 Å². The molecule has 0 amide bonds. The number of para-hydroxylation sites is 2. The molecule has 1 aromatic heterocycles. The highest BCUT2D eigenvalue weighted by Crippen LogP contribution is 2.28. The molecule has 116 valence electrons. The van der Waals surface area contributed by atoms with Gasteiger partial charge in [-0.1, -0.05) is 30.4 Å². The fourth-order valence-corrected chi connectivity index (χ4v) is 2.07. The molecule has 0 saturated carbocycles. The SMILES string of the molecule is C/C=C/C=C/C(=O)OC(C)c1nc2ccccc2n1C(F)F. The van der Waals surface area contributed by atoms with Crippen LogP contribution in [0.2, 0.25) is 0 Å². The van der Waals surface area contributed by atoms with Crippen LogP contribution < -0.4 is 0 Å². The van der Waals surface area contributed by atoms with Gasteiger partial charge in [0, 0.05) is 6.08 Å². The molecule has 0 aliphatic carbocycles. The highest BCUT2D eigenvalue weighted by Gasteiger charge is 2.23. The number of hydrogen-bond donors (Lipinski definition) is 0. The van der Waals surface area contributed by atoms with E-state index in [0.717, 1.165) is 4.57 Å². The summed E-state index contributed by atoms with van der Waals surface area (Å²) >= 11 is 0. The second-order valence-corrected chi connectivity index (χ2v) is 4.57. The number of carbonyl (C=O) groups is 1. The van der Waals surface area contributed by atoms with Gasteiger partial charge in [0.25, 0.3) is 0 Å². The second-order valence-electron chi connectivity index (χ2n) is 4.57. The van der Waals surface area contributed by atoms with Crippen molar-refractivity contribution in [3.63, 3.8) is 0 Å². The van der Waals surface area contributed by atoms with Gasteiger partial charge in [-0.25, -0.2) is 9.78 Å². The average Bonchev–Trinajstić information content (AvgIpc) is 2.87. The van der Waals surface area contributed by atoms with Crippen molar-refractivity contribution < 1.29 is 18.3 Å². The fourth-order valence-electron chi connectivity index (χ4n) is 2.07. The van der Waals surface area contributed by atoms with Crippen molar-refractivity contribution in [2.24, 2.45) is 0 Å². The van der Waals surface area contributed by atoms with Crippen LogP contribution in [-0.4, -0.2) is 15.5 Å². The summed E-state index contributed by atoms with van der Waals surface area (Å²) in [5, 5.41) is 0. The van der Waals surface area contributed by atoms with Crippen LogP contribution in [0.3, 0.4) is 0 Å². The number of alkyl halides is 2. The Morgan fingerprint density at radius 2 is 2.05 bits per heavy atom. The van der Waals surface area contributed by atoms with Crippen molar-refractivity contribution in [1.82, 2.24) is 9.55 Å². The molecule has 0 bridgehead atoms. The zero-order chi connectivity index (χ0) is 16.1. The summed E-state index contributed by atoms with van der Waals surface area (Å²) in [5.41, 5.74) is 0.741. The average molecular weight is 306 g/mol. The molecule has 4 nitrogen and oxygen atoms in total. The number of fused-ring (bicyclic) bond motifs is 1. The van der Waals surface area contributed by atoms with Crippen molar-refractivity contribution in [2.75, 3.05) is 0 Å². The topological polar surface area (TPSA) is 44.1 Å². The Bertz CT molecular complexity index is 720. The van der Waals surface area contributed by atoms with Crippen LogP contribution in [0.4, 0.5) is 8.78 Å². The third-order valence-corrected chi connectivity index (χ3v) is 3.01. The van der Waals surface area contributed by atoms with Gasteiger partial charge < -0.3 is 4.74 Å². The quantitative estimate of drug-likeness (QED) is 0.473. The van der Waals surface area contributed by atoms with Gasteiger partial charge in [-0.05, 0) is 26.0 Å². The number of esters is 1. The summed E-state index contributed by atoms with van der Waals surface area (Å²) in [6.45, 7) is 0.562. The van der Waals surface area contributed by atoms with Crippen molar-refractivity contribution >= 4 is 17.0 Å². The standard InChI is InChI=1S/C16H16F2N2O2/c1-3-4-5-10-14(21)22-11(2)15-19-12-8-6-7-9-13(12)20(15)16(17)18/h3-11,16H,1-2H3/b4-3+,10-5+. The van der Waals surface area contributed by atoms with E-state index in [1.54, 1.807) is 36.4 Å². The number of nitrogens with zero attached hydrogens (tertiary/aromatic N) is 2. The fraction of sp³-hybridized carbons (Fsp3) is 0.250. The molecule has 6 heteroatoms. The number of hydrogen-bond acceptors (Lipinski definition) is 3. The summed E-state index contributed by atoms with van der Waals surface area (Å²) in [6.07, 6.45) is 5.28. The number of imidazole rings is 1. The molecule has 2 aromatic rings. The number of carbonyl (C=O) groups excluding carboxylic acids is 1. The number of allylic oxidation sites excluding steroid dienone is 3. The van der Waals surface area contributed by atoms with E-state index in [9.17, 15) is 13.6 Å². The van der Waals surface area contributed by atoms with Crippen LogP contribution in [0.15, 0.2) is 48.6 Å². The molecule has 0 fully saturated rings. The highest BCUT2D eigenvalue weighted by atomic mass is 19.3. The Hall–Kier alpha value is -2.50. The molecule has 0 radical (unpaired) electrons. The van der Waals surface area contributed by atoms with E-state index in [4.69, 9.17) is 4.74 Å². The number of rotatable bonds is 5. The van der Waals surface area contributed by atoms with E-state index in [2.05, 4.69) is 4.98 Å². The normalized spacial score (nSPS) is 13.5.